The second-order valence-corrected chi connectivity index (χ2v) is 5.62. The topological polar surface area (TPSA) is 97.5 Å². The first kappa shape index (κ1) is 14.6. The lowest BCUT2D eigenvalue weighted by Crippen LogP contribution is -2.58. The summed E-state index contributed by atoms with van der Waals surface area (Å²) in [6.07, 6.45) is 2.52. The van der Waals surface area contributed by atoms with Crippen LogP contribution in [0, 0.1) is 5.41 Å². The molecule has 6 heteroatoms. The molecule has 1 aromatic rings. The standard InChI is InChI=1S/C14H21N3O3/c1-4-20-10-7-9(14(10,2)3)17-12-11(15)8(13(18)19)5-6-16-12/h5-6,9-10H,4,7,15H2,1-3H3,(H,16,17)(H,18,19). The van der Waals surface area contributed by atoms with Crippen LogP contribution in [-0.2, 0) is 4.74 Å². The summed E-state index contributed by atoms with van der Waals surface area (Å²) in [5.41, 5.74) is 6.06. The zero-order chi connectivity index (χ0) is 14.9. The largest absolute Gasteiger partial charge is 0.478 e. The van der Waals surface area contributed by atoms with E-state index in [0.29, 0.717) is 12.4 Å². The van der Waals surface area contributed by atoms with Gasteiger partial charge in [-0.3, -0.25) is 0 Å². The Hall–Kier alpha value is -1.82. The zero-order valence-corrected chi connectivity index (χ0v) is 12.0. The van der Waals surface area contributed by atoms with Crippen molar-refractivity contribution in [1.29, 1.82) is 0 Å². The fourth-order valence-corrected chi connectivity index (χ4v) is 2.55. The van der Waals surface area contributed by atoms with Gasteiger partial charge in [-0.15, -0.1) is 0 Å². The zero-order valence-electron chi connectivity index (χ0n) is 12.0. The SMILES string of the molecule is CCOC1CC(Nc2nccc(C(=O)O)c2N)C1(C)C. The normalized spacial score (nSPS) is 23.9. The molecule has 4 N–H and O–H groups in total. The molecule has 0 bridgehead atoms. The minimum atomic E-state index is -1.05. The van der Waals surface area contributed by atoms with Crippen LogP contribution in [0.3, 0.4) is 0 Å². The highest BCUT2D eigenvalue weighted by Gasteiger charge is 2.49. The first-order valence-corrected chi connectivity index (χ1v) is 6.73. The molecule has 1 saturated carbocycles. The second kappa shape index (κ2) is 5.28. The van der Waals surface area contributed by atoms with E-state index in [1.54, 1.807) is 0 Å². The van der Waals surface area contributed by atoms with Crippen molar-refractivity contribution in [2.45, 2.75) is 39.3 Å². The third-order valence-corrected chi connectivity index (χ3v) is 4.08. The van der Waals surface area contributed by atoms with Gasteiger partial charge in [0.2, 0.25) is 0 Å². The predicted molar refractivity (Wildman–Crippen MR) is 76.8 cm³/mol. The smallest absolute Gasteiger partial charge is 0.337 e. The van der Waals surface area contributed by atoms with Gasteiger partial charge in [0.1, 0.15) is 5.82 Å². The van der Waals surface area contributed by atoms with Crippen LogP contribution in [0.1, 0.15) is 37.6 Å². The van der Waals surface area contributed by atoms with Crippen molar-refractivity contribution in [2.24, 2.45) is 5.41 Å². The summed E-state index contributed by atoms with van der Waals surface area (Å²) in [4.78, 5) is 15.2. The van der Waals surface area contributed by atoms with Crippen LogP contribution in [0.15, 0.2) is 12.3 Å². The van der Waals surface area contributed by atoms with Crippen LogP contribution in [0.2, 0.25) is 0 Å². The van der Waals surface area contributed by atoms with Crippen molar-refractivity contribution in [3.8, 4) is 0 Å². The van der Waals surface area contributed by atoms with E-state index < -0.39 is 5.97 Å². The molecule has 1 aliphatic carbocycles. The highest BCUT2D eigenvalue weighted by molar-refractivity contribution is 5.96. The molecule has 2 rings (SSSR count). The first-order chi connectivity index (χ1) is 9.37. The highest BCUT2D eigenvalue weighted by Crippen LogP contribution is 2.44. The third-order valence-electron chi connectivity index (χ3n) is 4.08. The molecule has 2 atom stereocenters. The number of carbonyl (C=O) groups is 1. The van der Waals surface area contributed by atoms with Crippen molar-refractivity contribution in [1.82, 2.24) is 4.98 Å². The summed E-state index contributed by atoms with van der Waals surface area (Å²) in [6.45, 7) is 6.90. The van der Waals surface area contributed by atoms with Crippen molar-refractivity contribution in [3.05, 3.63) is 17.8 Å². The van der Waals surface area contributed by atoms with Crippen molar-refractivity contribution in [3.63, 3.8) is 0 Å². The summed E-state index contributed by atoms with van der Waals surface area (Å²) >= 11 is 0. The molecule has 6 nitrogen and oxygen atoms in total. The maximum Gasteiger partial charge on any atom is 0.337 e. The quantitative estimate of drug-likeness (QED) is 0.762. The molecule has 1 aromatic heterocycles. The van der Waals surface area contributed by atoms with Crippen LogP contribution in [-0.4, -0.2) is 34.8 Å². The van der Waals surface area contributed by atoms with Crippen LogP contribution in [0.4, 0.5) is 11.5 Å². The Labute approximate surface area is 118 Å². The van der Waals surface area contributed by atoms with Gasteiger partial charge < -0.3 is 20.9 Å². The fraction of sp³-hybridized carbons (Fsp3) is 0.571. The molecular formula is C14H21N3O3. The Kier molecular flexibility index (Phi) is 3.85. The molecule has 0 aromatic carbocycles. The number of aromatic nitrogens is 1. The number of hydrogen-bond donors (Lipinski definition) is 3. The lowest BCUT2D eigenvalue weighted by molar-refractivity contribution is -0.0976. The second-order valence-electron chi connectivity index (χ2n) is 5.62. The van der Waals surface area contributed by atoms with Gasteiger partial charge in [0.05, 0.1) is 17.4 Å². The van der Waals surface area contributed by atoms with Gasteiger partial charge in [-0.2, -0.15) is 0 Å². The number of carboxylic acids is 1. The maximum absolute atomic E-state index is 11.1. The van der Waals surface area contributed by atoms with Gasteiger partial charge in [-0.25, -0.2) is 9.78 Å². The van der Waals surface area contributed by atoms with Crippen LogP contribution in [0.5, 0.6) is 0 Å². The summed E-state index contributed by atoms with van der Waals surface area (Å²) in [5, 5.41) is 12.3. The van der Waals surface area contributed by atoms with E-state index in [1.807, 2.05) is 6.92 Å². The van der Waals surface area contributed by atoms with E-state index >= 15 is 0 Å². The van der Waals surface area contributed by atoms with Gasteiger partial charge in [0.15, 0.2) is 0 Å². The third kappa shape index (κ3) is 2.43. The predicted octanol–water partition coefficient (Wildman–Crippen LogP) is 1.98. The maximum atomic E-state index is 11.1. The molecule has 0 amide bonds. The minimum absolute atomic E-state index is 0.0383. The fourth-order valence-electron chi connectivity index (χ4n) is 2.55. The molecule has 110 valence electrons. The molecule has 1 heterocycles. The van der Waals surface area contributed by atoms with Gasteiger partial charge >= 0.3 is 5.97 Å². The highest BCUT2D eigenvalue weighted by atomic mass is 16.5. The number of rotatable bonds is 5. The number of nitrogens with one attached hydrogen (secondary N) is 1. The summed E-state index contributed by atoms with van der Waals surface area (Å²) < 4.78 is 5.67. The average Bonchev–Trinajstić information content (AvgIpc) is 2.39. The minimum Gasteiger partial charge on any atom is -0.478 e. The summed E-state index contributed by atoms with van der Waals surface area (Å²) in [5.74, 6) is -0.620. The van der Waals surface area contributed by atoms with Gasteiger partial charge in [0, 0.05) is 24.3 Å². The molecule has 0 saturated heterocycles. The number of nitrogen functional groups attached to an aromatic ring is 1. The number of ether oxygens (including phenoxy) is 1. The monoisotopic (exact) mass is 279 g/mol. The summed E-state index contributed by atoms with van der Waals surface area (Å²) in [6, 6.07) is 1.57. The molecule has 0 spiro atoms. The lowest BCUT2D eigenvalue weighted by Gasteiger charge is -2.51. The van der Waals surface area contributed by atoms with E-state index in [-0.39, 0.29) is 28.8 Å². The Morgan fingerprint density at radius 2 is 2.35 bits per heavy atom. The van der Waals surface area contributed by atoms with E-state index in [1.165, 1.54) is 12.3 Å². The van der Waals surface area contributed by atoms with Gasteiger partial charge in [-0.1, -0.05) is 13.8 Å². The molecule has 20 heavy (non-hydrogen) atoms. The molecule has 1 aliphatic rings. The van der Waals surface area contributed by atoms with Gasteiger partial charge in [0.25, 0.3) is 0 Å². The number of nitrogens with zero attached hydrogens (tertiary/aromatic N) is 1. The Morgan fingerprint density at radius 1 is 1.65 bits per heavy atom. The van der Waals surface area contributed by atoms with Crippen LogP contribution >= 0.6 is 0 Å². The first-order valence-electron chi connectivity index (χ1n) is 6.73. The number of pyridine rings is 1. The Balaban J connectivity index is 2.13. The average molecular weight is 279 g/mol. The van der Waals surface area contributed by atoms with E-state index in [9.17, 15) is 4.79 Å². The number of carboxylic acid groups (broad SMARTS) is 1. The molecule has 2 unspecified atom stereocenters. The molecule has 0 radical (unpaired) electrons. The molecular weight excluding hydrogens is 258 g/mol. The van der Waals surface area contributed by atoms with Gasteiger partial charge in [-0.05, 0) is 19.4 Å². The van der Waals surface area contributed by atoms with Crippen LogP contribution in [0.25, 0.3) is 0 Å². The van der Waals surface area contributed by atoms with Crippen molar-refractivity contribution >= 4 is 17.5 Å². The van der Waals surface area contributed by atoms with E-state index in [2.05, 4.69) is 24.1 Å². The Bertz CT molecular complexity index is 516. The summed E-state index contributed by atoms with van der Waals surface area (Å²) in [7, 11) is 0. The van der Waals surface area contributed by atoms with E-state index in [4.69, 9.17) is 15.6 Å². The lowest BCUT2D eigenvalue weighted by atomic mass is 9.64. The van der Waals surface area contributed by atoms with E-state index in [0.717, 1.165) is 6.42 Å². The van der Waals surface area contributed by atoms with Crippen molar-refractivity contribution in [2.75, 3.05) is 17.7 Å². The Morgan fingerprint density at radius 3 is 2.90 bits per heavy atom. The number of hydrogen-bond acceptors (Lipinski definition) is 5. The molecule has 0 aliphatic heterocycles. The number of aromatic carboxylic acids is 1. The molecule has 1 fully saturated rings. The number of nitrogens with two attached hydrogens (primary N) is 1. The van der Waals surface area contributed by atoms with Crippen molar-refractivity contribution < 1.29 is 14.6 Å². The number of anilines is 2. The van der Waals surface area contributed by atoms with Crippen LogP contribution < -0.4 is 11.1 Å².